The SMILES string of the molecule is CCOc1cccc(-c2cnco2)c1. The fraction of sp³-hybridized carbons (Fsp3) is 0.182. The monoisotopic (exact) mass is 189 g/mol. The summed E-state index contributed by atoms with van der Waals surface area (Å²) in [6.07, 6.45) is 3.10. The molecule has 0 saturated carbocycles. The van der Waals surface area contributed by atoms with Gasteiger partial charge in [-0.2, -0.15) is 0 Å². The number of benzene rings is 1. The first-order valence-electron chi connectivity index (χ1n) is 4.52. The second kappa shape index (κ2) is 3.96. The van der Waals surface area contributed by atoms with Crippen LogP contribution < -0.4 is 4.74 Å². The second-order valence-corrected chi connectivity index (χ2v) is 2.83. The van der Waals surface area contributed by atoms with Crippen molar-refractivity contribution in [2.45, 2.75) is 6.92 Å². The first kappa shape index (κ1) is 8.81. The average molecular weight is 189 g/mol. The normalized spacial score (nSPS) is 10.1. The van der Waals surface area contributed by atoms with Gasteiger partial charge in [0.15, 0.2) is 12.2 Å². The minimum Gasteiger partial charge on any atom is -0.494 e. The Morgan fingerprint density at radius 1 is 1.43 bits per heavy atom. The lowest BCUT2D eigenvalue weighted by molar-refractivity contribution is 0.340. The summed E-state index contributed by atoms with van der Waals surface area (Å²) in [6, 6.07) is 7.75. The van der Waals surface area contributed by atoms with Gasteiger partial charge in [-0.25, -0.2) is 4.98 Å². The molecule has 0 atom stereocenters. The number of rotatable bonds is 3. The minimum atomic E-state index is 0.667. The van der Waals surface area contributed by atoms with Gasteiger partial charge in [0.1, 0.15) is 5.75 Å². The van der Waals surface area contributed by atoms with Crippen molar-refractivity contribution in [1.29, 1.82) is 0 Å². The highest BCUT2D eigenvalue weighted by atomic mass is 16.5. The molecule has 0 aliphatic heterocycles. The quantitative estimate of drug-likeness (QED) is 0.744. The summed E-state index contributed by atoms with van der Waals surface area (Å²) >= 11 is 0. The Morgan fingerprint density at radius 2 is 2.36 bits per heavy atom. The van der Waals surface area contributed by atoms with Crippen LogP contribution in [0.1, 0.15) is 6.92 Å². The van der Waals surface area contributed by atoms with Crippen molar-refractivity contribution in [1.82, 2.24) is 4.98 Å². The van der Waals surface area contributed by atoms with Crippen molar-refractivity contribution in [3.05, 3.63) is 36.9 Å². The van der Waals surface area contributed by atoms with Crippen molar-refractivity contribution >= 4 is 0 Å². The van der Waals surface area contributed by atoms with Gasteiger partial charge >= 0.3 is 0 Å². The number of oxazole rings is 1. The van der Waals surface area contributed by atoms with Gasteiger partial charge < -0.3 is 9.15 Å². The molecule has 0 fully saturated rings. The molecule has 72 valence electrons. The van der Waals surface area contributed by atoms with Gasteiger partial charge in [-0.15, -0.1) is 0 Å². The fourth-order valence-corrected chi connectivity index (χ4v) is 1.26. The van der Waals surface area contributed by atoms with E-state index in [1.807, 2.05) is 31.2 Å². The zero-order chi connectivity index (χ0) is 9.80. The van der Waals surface area contributed by atoms with Gasteiger partial charge in [0.2, 0.25) is 0 Å². The topological polar surface area (TPSA) is 35.3 Å². The zero-order valence-electron chi connectivity index (χ0n) is 7.93. The van der Waals surface area contributed by atoms with Crippen LogP contribution >= 0.6 is 0 Å². The van der Waals surface area contributed by atoms with E-state index < -0.39 is 0 Å². The molecule has 2 aromatic rings. The summed E-state index contributed by atoms with van der Waals surface area (Å²) in [5.41, 5.74) is 0.980. The molecule has 1 heterocycles. The molecule has 1 aromatic carbocycles. The first-order chi connectivity index (χ1) is 6.90. The maximum absolute atomic E-state index is 5.38. The van der Waals surface area contributed by atoms with Crippen LogP contribution in [-0.4, -0.2) is 11.6 Å². The van der Waals surface area contributed by atoms with Gasteiger partial charge in [0.05, 0.1) is 12.8 Å². The van der Waals surface area contributed by atoms with E-state index in [-0.39, 0.29) is 0 Å². The zero-order valence-corrected chi connectivity index (χ0v) is 7.93. The van der Waals surface area contributed by atoms with Crippen LogP contribution in [0.25, 0.3) is 11.3 Å². The molecule has 0 unspecified atom stereocenters. The molecular formula is C11H11NO2. The Kier molecular flexibility index (Phi) is 2.49. The Balaban J connectivity index is 2.31. The average Bonchev–Trinajstić information content (AvgIpc) is 2.71. The van der Waals surface area contributed by atoms with E-state index in [9.17, 15) is 0 Å². The van der Waals surface area contributed by atoms with Gasteiger partial charge in [0.25, 0.3) is 0 Å². The van der Waals surface area contributed by atoms with E-state index in [1.54, 1.807) is 6.20 Å². The highest BCUT2D eigenvalue weighted by Crippen LogP contribution is 2.23. The lowest BCUT2D eigenvalue weighted by Gasteiger charge is -2.03. The third kappa shape index (κ3) is 1.76. The Hall–Kier alpha value is -1.77. The fourth-order valence-electron chi connectivity index (χ4n) is 1.26. The highest BCUT2D eigenvalue weighted by molar-refractivity contribution is 5.58. The van der Waals surface area contributed by atoms with Gasteiger partial charge in [0, 0.05) is 5.56 Å². The maximum Gasteiger partial charge on any atom is 0.181 e. The van der Waals surface area contributed by atoms with Crippen LogP contribution in [0.4, 0.5) is 0 Å². The summed E-state index contributed by atoms with van der Waals surface area (Å²) in [5, 5.41) is 0. The van der Waals surface area contributed by atoms with Crippen molar-refractivity contribution in [2.75, 3.05) is 6.61 Å². The standard InChI is InChI=1S/C11H11NO2/c1-2-13-10-5-3-4-9(6-10)11-7-12-8-14-11/h3-8H,2H2,1H3. The summed E-state index contributed by atoms with van der Waals surface area (Å²) < 4.78 is 10.6. The van der Waals surface area contributed by atoms with Gasteiger partial charge in [-0.05, 0) is 19.1 Å². The molecule has 3 nitrogen and oxygen atoms in total. The lowest BCUT2D eigenvalue weighted by atomic mass is 10.2. The van der Waals surface area contributed by atoms with Crippen LogP contribution in [0.5, 0.6) is 5.75 Å². The molecule has 0 spiro atoms. The summed E-state index contributed by atoms with van der Waals surface area (Å²) in [5.74, 6) is 1.60. The molecule has 2 rings (SSSR count). The van der Waals surface area contributed by atoms with Crippen LogP contribution in [-0.2, 0) is 0 Å². The van der Waals surface area contributed by atoms with Crippen LogP contribution in [0.15, 0.2) is 41.3 Å². The number of ether oxygens (including phenoxy) is 1. The summed E-state index contributed by atoms with van der Waals surface area (Å²) in [4.78, 5) is 3.87. The molecule has 14 heavy (non-hydrogen) atoms. The van der Waals surface area contributed by atoms with Crippen LogP contribution in [0.3, 0.4) is 0 Å². The predicted molar refractivity (Wildman–Crippen MR) is 53.1 cm³/mol. The minimum absolute atomic E-state index is 0.667. The maximum atomic E-state index is 5.38. The molecule has 0 radical (unpaired) electrons. The Bertz CT molecular complexity index is 395. The number of hydrogen-bond acceptors (Lipinski definition) is 3. The first-order valence-corrected chi connectivity index (χ1v) is 4.52. The van der Waals surface area contributed by atoms with Crippen LogP contribution in [0.2, 0.25) is 0 Å². The molecule has 0 saturated heterocycles. The van der Waals surface area contributed by atoms with E-state index >= 15 is 0 Å². The van der Waals surface area contributed by atoms with Gasteiger partial charge in [-0.3, -0.25) is 0 Å². The molecule has 3 heteroatoms. The predicted octanol–water partition coefficient (Wildman–Crippen LogP) is 2.74. The number of aromatic nitrogens is 1. The molecular weight excluding hydrogens is 178 g/mol. The number of hydrogen-bond donors (Lipinski definition) is 0. The molecule has 0 bridgehead atoms. The lowest BCUT2D eigenvalue weighted by Crippen LogP contribution is -1.90. The molecule has 0 aliphatic carbocycles. The van der Waals surface area contributed by atoms with E-state index in [0.29, 0.717) is 6.61 Å². The third-order valence-electron chi connectivity index (χ3n) is 1.86. The summed E-state index contributed by atoms with van der Waals surface area (Å²) in [6.45, 7) is 2.63. The summed E-state index contributed by atoms with van der Waals surface area (Å²) in [7, 11) is 0. The molecule has 0 aliphatic rings. The largest absolute Gasteiger partial charge is 0.494 e. The van der Waals surface area contributed by atoms with Crippen molar-refractivity contribution < 1.29 is 9.15 Å². The van der Waals surface area contributed by atoms with Crippen LogP contribution in [0, 0.1) is 0 Å². The molecule has 0 amide bonds. The van der Waals surface area contributed by atoms with Crippen molar-refractivity contribution in [2.24, 2.45) is 0 Å². The number of nitrogens with zero attached hydrogens (tertiary/aromatic N) is 1. The van der Waals surface area contributed by atoms with Crippen molar-refractivity contribution in [3.63, 3.8) is 0 Å². The van der Waals surface area contributed by atoms with Gasteiger partial charge in [-0.1, -0.05) is 12.1 Å². The van der Waals surface area contributed by atoms with E-state index in [2.05, 4.69) is 4.98 Å². The molecule has 0 N–H and O–H groups in total. The molecule has 1 aromatic heterocycles. The highest BCUT2D eigenvalue weighted by Gasteiger charge is 2.01. The smallest absolute Gasteiger partial charge is 0.181 e. The second-order valence-electron chi connectivity index (χ2n) is 2.83. The van der Waals surface area contributed by atoms with Crippen molar-refractivity contribution in [3.8, 4) is 17.1 Å². The Morgan fingerprint density at radius 3 is 3.07 bits per heavy atom. The van der Waals surface area contributed by atoms with E-state index in [1.165, 1.54) is 6.39 Å². The van der Waals surface area contributed by atoms with E-state index in [0.717, 1.165) is 17.1 Å². The van der Waals surface area contributed by atoms with E-state index in [4.69, 9.17) is 9.15 Å². The Labute approximate surface area is 82.3 Å². The third-order valence-corrected chi connectivity index (χ3v) is 1.86.